The summed E-state index contributed by atoms with van der Waals surface area (Å²) in [5.41, 5.74) is 4.97. The van der Waals surface area contributed by atoms with E-state index in [0.717, 1.165) is 35.1 Å². The van der Waals surface area contributed by atoms with Crippen molar-refractivity contribution in [3.63, 3.8) is 0 Å². The normalized spacial score (nSPS) is 21.5. The molecule has 0 radical (unpaired) electrons. The van der Waals surface area contributed by atoms with Crippen LogP contribution in [0.3, 0.4) is 0 Å². The molecule has 3 aromatic rings. The van der Waals surface area contributed by atoms with Crippen molar-refractivity contribution in [1.29, 1.82) is 0 Å². The van der Waals surface area contributed by atoms with Crippen molar-refractivity contribution in [2.24, 2.45) is 0 Å². The highest BCUT2D eigenvalue weighted by molar-refractivity contribution is 7.60. The Morgan fingerprint density at radius 2 is 2.08 bits per heavy atom. The summed E-state index contributed by atoms with van der Waals surface area (Å²) in [4.78, 5) is 13.0. The summed E-state index contributed by atoms with van der Waals surface area (Å²) in [6.45, 7) is 1.70. The lowest BCUT2D eigenvalue weighted by atomic mass is 10.2. The second-order valence-electron chi connectivity index (χ2n) is 6.57. The third-order valence-electron chi connectivity index (χ3n) is 4.91. The number of aromatic nitrogens is 3. The average molecular weight is 385 g/mol. The highest BCUT2D eigenvalue weighted by Gasteiger charge is 2.38. The van der Waals surface area contributed by atoms with Crippen molar-refractivity contribution < 1.29 is 0 Å². The topological polar surface area (TPSA) is 66.0 Å². The first-order valence-corrected chi connectivity index (χ1v) is 10.6. The predicted molar refractivity (Wildman–Crippen MR) is 107 cm³/mol. The van der Waals surface area contributed by atoms with Gasteiger partial charge in [-0.05, 0) is 23.8 Å². The zero-order valence-corrected chi connectivity index (χ0v) is 15.7. The quantitative estimate of drug-likeness (QED) is 0.672. The van der Waals surface area contributed by atoms with E-state index in [0.29, 0.717) is 17.6 Å². The molecule has 4 heterocycles. The van der Waals surface area contributed by atoms with E-state index in [2.05, 4.69) is 36.3 Å². The lowest BCUT2D eigenvalue weighted by Gasteiger charge is -2.31. The number of benzene rings is 1. The van der Waals surface area contributed by atoms with Crippen LogP contribution < -0.4 is 15.3 Å². The van der Waals surface area contributed by atoms with Crippen LogP contribution in [0.5, 0.6) is 0 Å². The van der Waals surface area contributed by atoms with E-state index in [9.17, 15) is 0 Å². The fourth-order valence-electron chi connectivity index (χ4n) is 3.60. The van der Waals surface area contributed by atoms with E-state index in [1.165, 1.54) is 11.8 Å². The van der Waals surface area contributed by atoms with Gasteiger partial charge in [0.25, 0.3) is 0 Å². The SMILES string of the molecule is Clc1cc2nccnc2cc1CNc1cnccc1N1CC2CP1CN2. The number of halogens is 1. The number of pyridine rings is 1. The third kappa shape index (κ3) is 2.88. The molecule has 0 amide bonds. The molecule has 8 heteroatoms. The first kappa shape index (κ1) is 16.2. The maximum Gasteiger partial charge on any atom is 0.0901 e. The molecule has 132 valence electrons. The minimum atomic E-state index is -0.109. The maximum absolute atomic E-state index is 6.45. The molecule has 26 heavy (non-hydrogen) atoms. The first-order chi connectivity index (χ1) is 12.8. The van der Waals surface area contributed by atoms with Gasteiger partial charge in [0, 0.05) is 63.3 Å². The number of hydrogen-bond donors (Lipinski definition) is 2. The molecule has 2 unspecified atom stereocenters. The molecule has 0 spiro atoms. The molecule has 2 aliphatic heterocycles. The summed E-state index contributed by atoms with van der Waals surface area (Å²) in [6, 6.07) is 6.62. The van der Waals surface area contributed by atoms with Crippen LogP contribution >= 0.6 is 19.7 Å². The average Bonchev–Trinajstić information content (AvgIpc) is 3.30. The van der Waals surface area contributed by atoms with Crippen LogP contribution in [0.2, 0.25) is 5.02 Å². The molecule has 0 saturated carbocycles. The molecule has 1 aromatic carbocycles. The molecule has 2 aliphatic rings. The molecule has 2 atom stereocenters. The van der Waals surface area contributed by atoms with Crippen molar-refractivity contribution in [1.82, 2.24) is 20.3 Å². The van der Waals surface area contributed by atoms with E-state index in [1.807, 2.05) is 24.5 Å². The van der Waals surface area contributed by atoms with Gasteiger partial charge in [-0.2, -0.15) is 0 Å². The Bertz CT molecular complexity index is 967. The second kappa shape index (κ2) is 6.62. The van der Waals surface area contributed by atoms with Crippen molar-refractivity contribution in [2.45, 2.75) is 12.6 Å². The molecule has 2 saturated heterocycles. The zero-order chi connectivity index (χ0) is 17.5. The maximum atomic E-state index is 6.45. The van der Waals surface area contributed by atoms with Crippen LogP contribution in [-0.2, 0) is 6.54 Å². The minimum absolute atomic E-state index is 0.109. The Kier molecular flexibility index (Phi) is 4.12. The van der Waals surface area contributed by atoms with E-state index >= 15 is 0 Å². The number of nitrogens with zero attached hydrogens (tertiary/aromatic N) is 4. The van der Waals surface area contributed by atoms with Gasteiger partial charge in [-0.25, -0.2) is 0 Å². The molecule has 2 aromatic heterocycles. The predicted octanol–water partition coefficient (Wildman–Crippen LogP) is 3.44. The van der Waals surface area contributed by atoms with Crippen LogP contribution in [0.25, 0.3) is 11.0 Å². The van der Waals surface area contributed by atoms with Crippen LogP contribution in [0.1, 0.15) is 5.56 Å². The summed E-state index contributed by atoms with van der Waals surface area (Å²) >= 11 is 6.45. The summed E-state index contributed by atoms with van der Waals surface area (Å²) in [5, 5.41) is 7.80. The molecule has 2 N–H and O–H groups in total. The van der Waals surface area contributed by atoms with Gasteiger partial charge in [0.05, 0.1) is 28.6 Å². The van der Waals surface area contributed by atoms with Crippen LogP contribution in [0.15, 0.2) is 43.0 Å². The standard InChI is InChI=1S/C18H18ClN6P/c19-14-6-16-15(21-3-4-22-16)5-12(14)7-23-17-8-20-2-1-18(17)25-9-13-10-26(25)11-24-13/h1-6,8,13,23-24H,7,9-11H2. The number of rotatable bonds is 4. The Labute approximate surface area is 157 Å². The molecular weight excluding hydrogens is 367 g/mol. The van der Waals surface area contributed by atoms with Crippen LogP contribution in [-0.4, -0.2) is 40.0 Å². The summed E-state index contributed by atoms with van der Waals surface area (Å²) in [5.74, 6) is 0. The van der Waals surface area contributed by atoms with Gasteiger partial charge >= 0.3 is 0 Å². The fraction of sp³-hybridized carbons (Fsp3) is 0.278. The number of nitrogens with one attached hydrogen (secondary N) is 2. The van der Waals surface area contributed by atoms with E-state index in [-0.39, 0.29) is 8.07 Å². The molecular formula is C18H18ClN6P. The van der Waals surface area contributed by atoms with E-state index in [1.54, 1.807) is 12.4 Å². The van der Waals surface area contributed by atoms with E-state index < -0.39 is 0 Å². The smallest absolute Gasteiger partial charge is 0.0901 e. The summed E-state index contributed by atoms with van der Waals surface area (Å²) in [7, 11) is -0.109. The molecule has 2 bridgehead atoms. The lowest BCUT2D eigenvalue weighted by molar-refractivity contribution is 0.645. The van der Waals surface area contributed by atoms with Crippen molar-refractivity contribution in [3.05, 3.63) is 53.6 Å². The molecule has 6 nitrogen and oxygen atoms in total. The number of anilines is 2. The molecule has 5 rings (SSSR count). The summed E-state index contributed by atoms with van der Waals surface area (Å²) < 4.78 is 2.55. The largest absolute Gasteiger partial charge is 0.378 e. The van der Waals surface area contributed by atoms with Gasteiger partial charge in [-0.3, -0.25) is 15.0 Å². The van der Waals surface area contributed by atoms with Gasteiger partial charge < -0.3 is 15.3 Å². The minimum Gasteiger partial charge on any atom is -0.378 e. The van der Waals surface area contributed by atoms with Gasteiger partial charge in [-0.15, -0.1) is 0 Å². The lowest BCUT2D eigenvalue weighted by Crippen LogP contribution is -2.35. The molecule has 2 fully saturated rings. The van der Waals surface area contributed by atoms with Gasteiger partial charge in [0.2, 0.25) is 0 Å². The zero-order valence-electron chi connectivity index (χ0n) is 14.1. The monoisotopic (exact) mass is 384 g/mol. The van der Waals surface area contributed by atoms with Gasteiger partial charge in [0.1, 0.15) is 0 Å². The Morgan fingerprint density at radius 3 is 2.85 bits per heavy atom. The fourth-order valence-corrected chi connectivity index (χ4v) is 6.45. The van der Waals surface area contributed by atoms with Crippen LogP contribution in [0.4, 0.5) is 11.4 Å². The van der Waals surface area contributed by atoms with E-state index in [4.69, 9.17) is 11.6 Å². The second-order valence-corrected chi connectivity index (χ2v) is 9.15. The highest BCUT2D eigenvalue weighted by Crippen LogP contribution is 2.53. The number of hydrogen-bond acceptors (Lipinski definition) is 6. The highest BCUT2D eigenvalue weighted by atomic mass is 35.5. The Balaban J connectivity index is 1.40. The van der Waals surface area contributed by atoms with Crippen molar-refractivity contribution in [3.8, 4) is 0 Å². The number of fused-ring (bicyclic) bond motifs is 3. The summed E-state index contributed by atoms with van der Waals surface area (Å²) in [6.07, 6.45) is 9.56. The first-order valence-electron chi connectivity index (χ1n) is 8.61. The Morgan fingerprint density at radius 1 is 1.23 bits per heavy atom. The van der Waals surface area contributed by atoms with Crippen molar-refractivity contribution in [2.75, 3.05) is 29.0 Å². The Hall–Kier alpha value is -2.01. The van der Waals surface area contributed by atoms with Gasteiger partial charge in [-0.1, -0.05) is 11.6 Å². The molecule has 0 aliphatic carbocycles. The third-order valence-corrected chi connectivity index (χ3v) is 7.73. The van der Waals surface area contributed by atoms with Crippen LogP contribution in [0, 0.1) is 0 Å². The van der Waals surface area contributed by atoms with Gasteiger partial charge in [0.15, 0.2) is 0 Å². The van der Waals surface area contributed by atoms with Crippen molar-refractivity contribution >= 4 is 42.1 Å².